The fraction of sp³-hybridized carbons (Fsp3) is 0.929. The topological polar surface area (TPSA) is 52.3 Å². The lowest BCUT2D eigenvalue weighted by Gasteiger charge is -2.44. The van der Waals surface area contributed by atoms with E-state index in [0.717, 1.165) is 32.3 Å². The van der Waals surface area contributed by atoms with Crippen molar-refractivity contribution in [1.82, 2.24) is 0 Å². The van der Waals surface area contributed by atoms with E-state index in [1.165, 1.54) is 19.3 Å². The van der Waals surface area contributed by atoms with Gasteiger partial charge in [0, 0.05) is 12.5 Å². The van der Waals surface area contributed by atoms with Crippen molar-refractivity contribution in [2.45, 2.75) is 69.9 Å². The summed E-state index contributed by atoms with van der Waals surface area (Å²) in [5, 5.41) is 0. The quantitative estimate of drug-likeness (QED) is 0.805. The maximum atomic E-state index is 12.3. The van der Waals surface area contributed by atoms with Gasteiger partial charge < -0.3 is 10.5 Å². The van der Waals surface area contributed by atoms with Gasteiger partial charge in [0.15, 0.2) is 5.78 Å². The van der Waals surface area contributed by atoms with Gasteiger partial charge in [-0.15, -0.1) is 0 Å². The Morgan fingerprint density at radius 3 is 2.53 bits per heavy atom. The molecule has 1 saturated heterocycles. The van der Waals surface area contributed by atoms with Crippen molar-refractivity contribution in [3.63, 3.8) is 0 Å². The molecule has 0 amide bonds. The van der Waals surface area contributed by atoms with Crippen LogP contribution in [0, 0.1) is 5.92 Å². The van der Waals surface area contributed by atoms with Gasteiger partial charge in [0.1, 0.15) is 0 Å². The molecule has 98 valence electrons. The van der Waals surface area contributed by atoms with Crippen LogP contribution in [0.25, 0.3) is 0 Å². The van der Waals surface area contributed by atoms with E-state index in [-0.39, 0.29) is 17.3 Å². The van der Waals surface area contributed by atoms with Crippen LogP contribution >= 0.6 is 0 Å². The second-order valence-corrected chi connectivity index (χ2v) is 6.37. The van der Waals surface area contributed by atoms with Crippen LogP contribution < -0.4 is 5.73 Å². The van der Waals surface area contributed by atoms with Gasteiger partial charge in [0.05, 0.1) is 11.1 Å². The SMILES string of the molecule is CC(C)(N)C(=O)C1CCOC2(CCCCC2)C1. The second-order valence-electron chi connectivity index (χ2n) is 6.37. The van der Waals surface area contributed by atoms with Gasteiger partial charge in [-0.05, 0) is 39.5 Å². The smallest absolute Gasteiger partial charge is 0.155 e. The van der Waals surface area contributed by atoms with Gasteiger partial charge in [-0.3, -0.25) is 4.79 Å². The van der Waals surface area contributed by atoms with Crippen molar-refractivity contribution in [2.75, 3.05) is 6.61 Å². The van der Waals surface area contributed by atoms with Gasteiger partial charge in [0.25, 0.3) is 0 Å². The number of hydrogen-bond acceptors (Lipinski definition) is 3. The second kappa shape index (κ2) is 4.69. The first-order valence-electron chi connectivity index (χ1n) is 6.90. The first-order chi connectivity index (χ1) is 7.93. The van der Waals surface area contributed by atoms with Crippen LogP contribution in [0.1, 0.15) is 58.8 Å². The Balaban J connectivity index is 2.04. The predicted octanol–water partition coefficient (Wildman–Crippen LogP) is 2.42. The molecule has 0 aromatic carbocycles. The molecule has 1 aliphatic carbocycles. The lowest BCUT2D eigenvalue weighted by molar-refractivity contribution is -0.146. The Hall–Kier alpha value is -0.410. The highest BCUT2D eigenvalue weighted by molar-refractivity contribution is 5.89. The summed E-state index contributed by atoms with van der Waals surface area (Å²) < 4.78 is 6.01. The Morgan fingerprint density at radius 2 is 1.94 bits per heavy atom. The van der Waals surface area contributed by atoms with Crippen molar-refractivity contribution in [2.24, 2.45) is 11.7 Å². The van der Waals surface area contributed by atoms with E-state index in [1.54, 1.807) is 0 Å². The maximum Gasteiger partial charge on any atom is 0.155 e. The number of rotatable bonds is 2. The van der Waals surface area contributed by atoms with Crippen LogP contribution in [0.4, 0.5) is 0 Å². The third-order valence-corrected chi connectivity index (χ3v) is 4.26. The summed E-state index contributed by atoms with van der Waals surface area (Å²) >= 11 is 0. The fourth-order valence-electron chi connectivity index (χ4n) is 3.32. The minimum atomic E-state index is -0.697. The molecule has 0 aromatic rings. The van der Waals surface area contributed by atoms with E-state index < -0.39 is 5.54 Å². The molecule has 0 bridgehead atoms. The van der Waals surface area contributed by atoms with Crippen molar-refractivity contribution in [1.29, 1.82) is 0 Å². The largest absolute Gasteiger partial charge is 0.375 e. The number of ether oxygens (including phenoxy) is 1. The van der Waals surface area contributed by atoms with Crippen LogP contribution in [0.5, 0.6) is 0 Å². The van der Waals surface area contributed by atoms with Gasteiger partial charge in [-0.2, -0.15) is 0 Å². The zero-order valence-corrected chi connectivity index (χ0v) is 11.1. The summed E-state index contributed by atoms with van der Waals surface area (Å²) in [6, 6.07) is 0. The molecule has 1 unspecified atom stereocenters. The Bertz CT molecular complexity index is 282. The summed E-state index contributed by atoms with van der Waals surface area (Å²) in [4.78, 5) is 12.3. The number of ketones is 1. The average Bonchev–Trinajstić information content (AvgIpc) is 2.28. The van der Waals surface area contributed by atoms with Gasteiger partial charge in [0.2, 0.25) is 0 Å². The molecule has 1 aliphatic heterocycles. The van der Waals surface area contributed by atoms with Crippen molar-refractivity contribution >= 4 is 5.78 Å². The number of Topliss-reactive ketones (excluding diaryl/α,β-unsaturated/α-hetero) is 1. The highest BCUT2D eigenvalue weighted by Gasteiger charge is 2.42. The molecule has 2 N–H and O–H groups in total. The van der Waals surface area contributed by atoms with Crippen LogP contribution in [0.3, 0.4) is 0 Å². The van der Waals surface area contributed by atoms with Crippen LogP contribution in [-0.2, 0) is 9.53 Å². The standard InChI is InChI=1S/C14H25NO2/c1-13(2,15)12(16)11-6-9-17-14(10-11)7-4-3-5-8-14/h11H,3-10,15H2,1-2H3. The van der Waals surface area contributed by atoms with Crippen LogP contribution in [-0.4, -0.2) is 23.5 Å². The molecule has 3 nitrogen and oxygen atoms in total. The third kappa shape index (κ3) is 2.89. The summed E-state index contributed by atoms with van der Waals surface area (Å²) in [6.07, 6.45) is 7.79. The zero-order chi connectivity index (χ0) is 12.5. The van der Waals surface area contributed by atoms with Crippen molar-refractivity contribution in [3.05, 3.63) is 0 Å². The molecule has 1 saturated carbocycles. The number of carbonyl (C=O) groups excluding carboxylic acids is 1. The normalized spacial score (nSPS) is 29.2. The summed E-state index contributed by atoms with van der Waals surface area (Å²) in [5.41, 5.74) is 5.24. The Kier molecular flexibility index (Phi) is 3.60. The molecule has 3 heteroatoms. The number of hydrogen-bond donors (Lipinski definition) is 1. The van der Waals surface area contributed by atoms with E-state index in [2.05, 4.69) is 0 Å². The van der Waals surface area contributed by atoms with Gasteiger partial charge in [-0.1, -0.05) is 19.3 Å². The predicted molar refractivity (Wildman–Crippen MR) is 67.8 cm³/mol. The lowest BCUT2D eigenvalue weighted by Crippen LogP contribution is -2.50. The molecule has 2 fully saturated rings. The molecule has 1 atom stereocenters. The van der Waals surface area contributed by atoms with Crippen molar-refractivity contribution in [3.8, 4) is 0 Å². The van der Waals surface area contributed by atoms with E-state index in [9.17, 15) is 4.79 Å². The summed E-state index contributed by atoms with van der Waals surface area (Å²) in [6.45, 7) is 4.36. The zero-order valence-electron chi connectivity index (χ0n) is 11.1. The monoisotopic (exact) mass is 239 g/mol. The average molecular weight is 239 g/mol. The Labute approximate surface area is 104 Å². The van der Waals surface area contributed by atoms with E-state index >= 15 is 0 Å². The van der Waals surface area contributed by atoms with Crippen LogP contribution in [0.2, 0.25) is 0 Å². The third-order valence-electron chi connectivity index (χ3n) is 4.26. The van der Waals surface area contributed by atoms with E-state index in [1.807, 2.05) is 13.8 Å². The van der Waals surface area contributed by atoms with Crippen LogP contribution in [0.15, 0.2) is 0 Å². The van der Waals surface area contributed by atoms with Crippen molar-refractivity contribution < 1.29 is 9.53 Å². The molecule has 1 spiro atoms. The lowest BCUT2D eigenvalue weighted by atomic mass is 9.73. The van der Waals surface area contributed by atoms with E-state index in [0.29, 0.717) is 0 Å². The Morgan fingerprint density at radius 1 is 1.29 bits per heavy atom. The molecule has 17 heavy (non-hydrogen) atoms. The molecular formula is C14H25NO2. The minimum absolute atomic E-state index is 0.00206. The fourth-order valence-corrected chi connectivity index (χ4v) is 3.32. The number of nitrogens with two attached hydrogens (primary N) is 1. The molecule has 0 aromatic heterocycles. The first kappa shape index (κ1) is 13.0. The molecule has 2 rings (SSSR count). The molecule has 1 heterocycles. The molecule has 2 aliphatic rings. The highest BCUT2D eigenvalue weighted by Crippen LogP contribution is 2.41. The summed E-state index contributed by atoms with van der Waals surface area (Å²) in [7, 11) is 0. The first-order valence-corrected chi connectivity index (χ1v) is 6.90. The van der Waals surface area contributed by atoms with E-state index in [4.69, 9.17) is 10.5 Å². The van der Waals surface area contributed by atoms with Gasteiger partial charge >= 0.3 is 0 Å². The molecular weight excluding hydrogens is 214 g/mol. The van der Waals surface area contributed by atoms with Gasteiger partial charge in [-0.25, -0.2) is 0 Å². The molecule has 0 radical (unpaired) electrons. The highest BCUT2D eigenvalue weighted by atomic mass is 16.5. The minimum Gasteiger partial charge on any atom is -0.375 e. The number of carbonyl (C=O) groups is 1. The maximum absolute atomic E-state index is 12.3. The summed E-state index contributed by atoms with van der Waals surface area (Å²) in [5.74, 6) is 0.326.